The second-order valence-corrected chi connectivity index (χ2v) is 9.39. The van der Waals surface area contributed by atoms with Crippen molar-refractivity contribution in [1.29, 1.82) is 0 Å². The van der Waals surface area contributed by atoms with Crippen molar-refractivity contribution in [2.24, 2.45) is 20.5 Å². The highest BCUT2D eigenvalue weighted by Gasteiger charge is 2.14. The van der Waals surface area contributed by atoms with E-state index in [1.54, 1.807) is 18.2 Å². The molecule has 0 aliphatic rings. The van der Waals surface area contributed by atoms with E-state index < -0.39 is 10.1 Å². The quantitative estimate of drug-likeness (QED) is 0.202. The molecule has 0 saturated heterocycles. The van der Waals surface area contributed by atoms with Crippen LogP contribution in [0.4, 0.5) is 22.7 Å². The molecule has 35 heavy (non-hydrogen) atoms. The molecule has 0 amide bonds. The topological polar surface area (TPSA) is 104 Å². The third-order valence-electron chi connectivity index (χ3n) is 5.65. The Morgan fingerprint density at radius 2 is 1.11 bits per heavy atom. The normalized spacial score (nSPS) is 12.3. The van der Waals surface area contributed by atoms with Gasteiger partial charge in [-0.3, -0.25) is 4.55 Å². The second-order valence-electron chi connectivity index (χ2n) is 7.97. The van der Waals surface area contributed by atoms with Crippen LogP contribution >= 0.6 is 0 Å². The van der Waals surface area contributed by atoms with Gasteiger partial charge in [0.25, 0.3) is 10.1 Å². The minimum atomic E-state index is -4.41. The summed E-state index contributed by atoms with van der Waals surface area (Å²) >= 11 is 0. The Morgan fingerprint density at radius 3 is 1.80 bits per heavy atom. The molecular weight excluding hydrogens is 460 g/mol. The molecule has 0 aliphatic carbocycles. The van der Waals surface area contributed by atoms with E-state index in [9.17, 15) is 13.0 Å². The van der Waals surface area contributed by atoms with Gasteiger partial charge in [-0.2, -0.15) is 13.5 Å². The summed E-state index contributed by atoms with van der Waals surface area (Å²) < 4.78 is 33.2. The first-order valence-electron chi connectivity index (χ1n) is 10.8. The Hall–Kier alpha value is -4.27. The lowest BCUT2D eigenvalue weighted by Crippen LogP contribution is -1.97. The van der Waals surface area contributed by atoms with E-state index in [2.05, 4.69) is 20.5 Å². The summed E-state index contributed by atoms with van der Waals surface area (Å²) in [6.45, 7) is 2.04. The smallest absolute Gasteiger partial charge is 0.282 e. The molecule has 0 aromatic heterocycles. The van der Waals surface area contributed by atoms with Crippen LogP contribution in [0.25, 0.3) is 21.5 Å². The van der Waals surface area contributed by atoms with Crippen LogP contribution in [-0.2, 0) is 10.1 Å². The first-order chi connectivity index (χ1) is 16.9. The number of benzene rings is 5. The van der Waals surface area contributed by atoms with Crippen molar-refractivity contribution in [2.75, 3.05) is 0 Å². The average Bonchev–Trinajstić information content (AvgIpc) is 2.87. The second kappa shape index (κ2) is 9.17. The Morgan fingerprint density at radius 1 is 0.571 bits per heavy atom. The van der Waals surface area contributed by atoms with E-state index in [4.69, 9.17) is 0 Å². The number of fused-ring (bicyclic) bond motifs is 2. The first-order valence-corrected chi connectivity index (χ1v) is 12.3. The zero-order valence-corrected chi connectivity index (χ0v) is 19.5. The molecule has 0 heterocycles. The highest BCUT2D eigenvalue weighted by Crippen LogP contribution is 2.37. The predicted molar refractivity (Wildman–Crippen MR) is 137 cm³/mol. The van der Waals surface area contributed by atoms with E-state index in [0.29, 0.717) is 33.5 Å². The van der Waals surface area contributed by atoms with Crippen LogP contribution < -0.4 is 0 Å². The molecule has 0 bridgehead atoms. The van der Waals surface area contributed by atoms with Gasteiger partial charge in [0.15, 0.2) is 0 Å². The summed E-state index contributed by atoms with van der Waals surface area (Å²) in [6.07, 6.45) is 0. The fraction of sp³-hybridized carbons (Fsp3) is 0.0370. The molecule has 5 rings (SSSR count). The Labute approximate surface area is 202 Å². The van der Waals surface area contributed by atoms with Gasteiger partial charge in [0.1, 0.15) is 0 Å². The highest BCUT2D eigenvalue weighted by molar-refractivity contribution is 7.85. The zero-order valence-electron chi connectivity index (χ0n) is 18.7. The SMILES string of the molecule is Cc1ccc(N=Nc2ccc(N=Nc3ccccc3)c3ccc(S(=O)(=O)O)cc23)c2ccccc12. The molecule has 0 spiro atoms. The van der Waals surface area contributed by atoms with Crippen LogP contribution in [0.3, 0.4) is 0 Å². The van der Waals surface area contributed by atoms with Crippen molar-refractivity contribution in [3.63, 3.8) is 0 Å². The fourth-order valence-electron chi connectivity index (χ4n) is 3.87. The van der Waals surface area contributed by atoms with Crippen LogP contribution in [0.5, 0.6) is 0 Å². The number of rotatable bonds is 5. The van der Waals surface area contributed by atoms with Crippen molar-refractivity contribution < 1.29 is 13.0 Å². The summed E-state index contributed by atoms with van der Waals surface area (Å²) in [6, 6.07) is 28.8. The Bertz CT molecular complexity index is 1730. The fourth-order valence-corrected chi connectivity index (χ4v) is 4.37. The minimum Gasteiger partial charge on any atom is -0.282 e. The predicted octanol–water partition coefficient (Wildman–Crippen LogP) is 8.38. The van der Waals surface area contributed by atoms with Crippen molar-refractivity contribution in [1.82, 2.24) is 0 Å². The maximum atomic E-state index is 11.8. The summed E-state index contributed by atoms with van der Waals surface area (Å²) in [7, 11) is -4.41. The highest BCUT2D eigenvalue weighted by atomic mass is 32.2. The lowest BCUT2D eigenvalue weighted by molar-refractivity contribution is 0.483. The third kappa shape index (κ3) is 4.70. The molecule has 0 fully saturated rings. The van der Waals surface area contributed by atoms with Gasteiger partial charge >= 0.3 is 0 Å². The van der Waals surface area contributed by atoms with Gasteiger partial charge in [-0.15, -0.1) is 15.3 Å². The Kier molecular flexibility index (Phi) is 5.90. The summed E-state index contributed by atoms with van der Waals surface area (Å²) in [5.74, 6) is 0. The van der Waals surface area contributed by atoms with E-state index in [-0.39, 0.29) is 4.90 Å². The molecule has 0 radical (unpaired) electrons. The van der Waals surface area contributed by atoms with Crippen molar-refractivity contribution >= 4 is 54.4 Å². The van der Waals surface area contributed by atoms with Gasteiger partial charge in [0.2, 0.25) is 0 Å². The van der Waals surface area contributed by atoms with E-state index in [1.807, 2.05) is 73.7 Å². The van der Waals surface area contributed by atoms with Crippen LogP contribution in [0.1, 0.15) is 5.56 Å². The molecule has 5 aromatic rings. The summed E-state index contributed by atoms with van der Waals surface area (Å²) in [4.78, 5) is -0.237. The van der Waals surface area contributed by atoms with Crippen molar-refractivity contribution in [3.05, 3.63) is 103 Å². The van der Waals surface area contributed by atoms with Gasteiger partial charge in [0, 0.05) is 16.2 Å². The maximum absolute atomic E-state index is 11.8. The molecule has 0 saturated carbocycles. The molecule has 172 valence electrons. The third-order valence-corrected chi connectivity index (χ3v) is 6.50. The maximum Gasteiger partial charge on any atom is 0.294 e. The monoisotopic (exact) mass is 480 g/mol. The number of nitrogens with zero attached hydrogens (tertiary/aromatic N) is 4. The average molecular weight is 481 g/mol. The number of hydrogen-bond donors (Lipinski definition) is 1. The largest absolute Gasteiger partial charge is 0.294 e. The standard InChI is InChI=1S/C27H20N4O3S/c1-18-11-14-25(22-10-6-5-9-21(18)22)30-31-27-16-15-26(29-28-19-7-3-2-4-8-19)23-13-12-20(17-24(23)27)35(32,33)34/h2-17H,1H3,(H,32,33,34). The molecule has 7 nitrogen and oxygen atoms in total. The van der Waals surface area contributed by atoms with E-state index in [1.165, 1.54) is 12.1 Å². The molecular formula is C27H20N4O3S. The molecule has 0 aliphatic heterocycles. The van der Waals surface area contributed by atoms with Crippen molar-refractivity contribution in [2.45, 2.75) is 11.8 Å². The first kappa shape index (κ1) is 22.5. The summed E-state index contributed by atoms with van der Waals surface area (Å²) in [5, 5.41) is 20.7. The lowest BCUT2D eigenvalue weighted by atomic mass is 10.0. The number of hydrogen-bond acceptors (Lipinski definition) is 6. The molecule has 0 atom stereocenters. The van der Waals surface area contributed by atoms with Crippen LogP contribution in [0, 0.1) is 6.92 Å². The molecule has 8 heteroatoms. The molecule has 5 aromatic carbocycles. The van der Waals surface area contributed by atoms with Crippen molar-refractivity contribution in [3.8, 4) is 0 Å². The van der Waals surface area contributed by atoms with Gasteiger partial charge in [-0.25, -0.2) is 0 Å². The van der Waals surface area contributed by atoms with E-state index in [0.717, 1.165) is 16.3 Å². The molecule has 0 unspecified atom stereocenters. The number of azo groups is 2. The lowest BCUT2D eigenvalue weighted by Gasteiger charge is -2.07. The summed E-state index contributed by atoms with van der Waals surface area (Å²) in [5.41, 5.74) is 3.48. The van der Waals surface area contributed by atoms with Gasteiger partial charge < -0.3 is 0 Å². The van der Waals surface area contributed by atoms with Crippen LogP contribution in [0.15, 0.2) is 122 Å². The number of aryl methyl sites for hydroxylation is 1. The van der Waals surface area contributed by atoms with Gasteiger partial charge in [0.05, 0.1) is 27.6 Å². The van der Waals surface area contributed by atoms with Gasteiger partial charge in [-0.1, -0.05) is 54.6 Å². The Balaban J connectivity index is 1.64. The van der Waals surface area contributed by atoms with Crippen LogP contribution in [-0.4, -0.2) is 13.0 Å². The molecule has 1 N–H and O–H groups in total. The minimum absolute atomic E-state index is 0.237. The van der Waals surface area contributed by atoms with E-state index >= 15 is 0 Å². The van der Waals surface area contributed by atoms with Gasteiger partial charge in [-0.05, 0) is 60.3 Å². The zero-order chi connectivity index (χ0) is 24.4. The van der Waals surface area contributed by atoms with Crippen LogP contribution in [0.2, 0.25) is 0 Å².